The lowest BCUT2D eigenvalue weighted by Gasteiger charge is -2.22. The molecule has 1 aromatic carbocycles. The van der Waals surface area contributed by atoms with Gasteiger partial charge in [0.15, 0.2) is 5.82 Å². The number of hydrogen-bond acceptors (Lipinski definition) is 4. The van der Waals surface area contributed by atoms with Crippen molar-refractivity contribution in [2.45, 2.75) is 20.4 Å². The zero-order valence-corrected chi connectivity index (χ0v) is 11.7. The molecule has 1 aromatic heterocycles. The molecule has 0 aliphatic heterocycles. The van der Waals surface area contributed by atoms with E-state index in [9.17, 15) is 0 Å². The minimum absolute atomic E-state index is 0.728. The Morgan fingerprint density at radius 3 is 2.79 bits per heavy atom. The Bertz CT molecular complexity index is 539. The summed E-state index contributed by atoms with van der Waals surface area (Å²) in [6.45, 7) is 5.81. The van der Waals surface area contributed by atoms with E-state index in [4.69, 9.17) is 0 Å². The van der Waals surface area contributed by atoms with Crippen LogP contribution in [0.25, 0.3) is 0 Å². The average Bonchev–Trinajstić information content (AvgIpc) is 2.41. The number of nitrogens with one attached hydrogen (secondary N) is 1. The highest BCUT2D eigenvalue weighted by atomic mass is 15.2. The molecule has 0 bridgehead atoms. The third-order valence-corrected chi connectivity index (χ3v) is 2.94. The molecule has 0 unspecified atom stereocenters. The second-order valence-electron chi connectivity index (χ2n) is 4.48. The minimum atomic E-state index is 0.728. The van der Waals surface area contributed by atoms with Crippen LogP contribution in [0.2, 0.25) is 0 Å². The van der Waals surface area contributed by atoms with Crippen molar-refractivity contribution in [2.75, 3.05) is 18.5 Å². The Hall–Kier alpha value is -1.94. The molecule has 4 nitrogen and oxygen atoms in total. The summed E-state index contributed by atoms with van der Waals surface area (Å²) in [6.07, 6.45) is 3.61. The Morgan fingerprint density at radius 2 is 2.11 bits per heavy atom. The molecule has 0 atom stereocenters. The van der Waals surface area contributed by atoms with Gasteiger partial charge in [0.25, 0.3) is 0 Å². The van der Waals surface area contributed by atoms with Gasteiger partial charge in [-0.05, 0) is 38.6 Å². The SMILES string of the molecule is CCN(c1cccc(C)c1)c1cncc(CNC)n1. The molecule has 0 fully saturated rings. The van der Waals surface area contributed by atoms with E-state index in [1.165, 1.54) is 5.56 Å². The van der Waals surface area contributed by atoms with Gasteiger partial charge in [-0.1, -0.05) is 12.1 Å². The molecule has 0 aliphatic carbocycles. The van der Waals surface area contributed by atoms with Gasteiger partial charge in [-0.3, -0.25) is 4.98 Å². The van der Waals surface area contributed by atoms with Crippen LogP contribution >= 0.6 is 0 Å². The second-order valence-corrected chi connectivity index (χ2v) is 4.48. The topological polar surface area (TPSA) is 41.1 Å². The maximum absolute atomic E-state index is 4.64. The summed E-state index contributed by atoms with van der Waals surface area (Å²) in [6, 6.07) is 8.43. The molecule has 0 saturated heterocycles. The van der Waals surface area contributed by atoms with Gasteiger partial charge in [0.05, 0.1) is 11.9 Å². The lowest BCUT2D eigenvalue weighted by Crippen LogP contribution is -2.19. The highest BCUT2D eigenvalue weighted by molar-refractivity contribution is 5.59. The Balaban J connectivity index is 2.33. The van der Waals surface area contributed by atoms with Crippen LogP contribution < -0.4 is 10.2 Å². The summed E-state index contributed by atoms with van der Waals surface area (Å²) in [4.78, 5) is 11.1. The van der Waals surface area contributed by atoms with Crippen molar-refractivity contribution >= 4 is 11.5 Å². The van der Waals surface area contributed by atoms with Gasteiger partial charge in [0.1, 0.15) is 0 Å². The molecule has 19 heavy (non-hydrogen) atoms. The van der Waals surface area contributed by atoms with Crippen LogP contribution in [-0.4, -0.2) is 23.6 Å². The quantitative estimate of drug-likeness (QED) is 0.893. The predicted molar refractivity (Wildman–Crippen MR) is 78.7 cm³/mol. The van der Waals surface area contributed by atoms with E-state index in [0.717, 1.165) is 30.3 Å². The van der Waals surface area contributed by atoms with Crippen LogP contribution in [0, 0.1) is 6.92 Å². The van der Waals surface area contributed by atoms with E-state index in [1.54, 1.807) is 6.20 Å². The van der Waals surface area contributed by atoms with Crippen molar-refractivity contribution in [3.8, 4) is 0 Å². The summed E-state index contributed by atoms with van der Waals surface area (Å²) in [5.74, 6) is 0.890. The molecule has 0 saturated carbocycles. The molecule has 0 aliphatic rings. The average molecular weight is 256 g/mol. The van der Waals surface area contributed by atoms with E-state index in [1.807, 2.05) is 13.2 Å². The zero-order valence-electron chi connectivity index (χ0n) is 11.7. The van der Waals surface area contributed by atoms with Crippen LogP contribution in [0.1, 0.15) is 18.2 Å². The van der Waals surface area contributed by atoms with Gasteiger partial charge in [0, 0.05) is 25.0 Å². The number of nitrogens with zero attached hydrogens (tertiary/aromatic N) is 3. The van der Waals surface area contributed by atoms with Crippen LogP contribution in [0.15, 0.2) is 36.7 Å². The first-order valence-electron chi connectivity index (χ1n) is 6.54. The van der Waals surface area contributed by atoms with Crippen molar-refractivity contribution in [1.82, 2.24) is 15.3 Å². The summed E-state index contributed by atoms with van der Waals surface area (Å²) >= 11 is 0. The Labute approximate surface area is 114 Å². The number of aryl methyl sites for hydroxylation is 1. The first-order chi connectivity index (χ1) is 9.24. The number of anilines is 2. The fourth-order valence-electron chi connectivity index (χ4n) is 2.06. The summed E-state index contributed by atoms with van der Waals surface area (Å²) in [5, 5.41) is 3.10. The van der Waals surface area contributed by atoms with Crippen LogP contribution in [0.5, 0.6) is 0 Å². The van der Waals surface area contributed by atoms with Crippen LogP contribution in [-0.2, 0) is 6.54 Å². The molecule has 2 aromatic rings. The highest BCUT2D eigenvalue weighted by Gasteiger charge is 2.09. The lowest BCUT2D eigenvalue weighted by molar-refractivity contribution is 0.780. The van der Waals surface area contributed by atoms with E-state index < -0.39 is 0 Å². The molecule has 1 heterocycles. The van der Waals surface area contributed by atoms with E-state index >= 15 is 0 Å². The van der Waals surface area contributed by atoms with Gasteiger partial charge in [-0.25, -0.2) is 4.98 Å². The molecule has 100 valence electrons. The Morgan fingerprint density at radius 1 is 1.26 bits per heavy atom. The first-order valence-corrected chi connectivity index (χ1v) is 6.54. The molecule has 1 N–H and O–H groups in total. The number of rotatable bonds is 5. The highest BCUT2D eigenvalue weighted by Crippen LogP contribution is 2.23. The fourth-order valence-corrected chi connectivity index (χ4v) is 2.06. The van der Waals surface area contributed by atoms with Crippen molar-refractivity contribution in [1.29, 1.82) is 0 Å². The molecule has 0 spiro atoms. The summed E-state index contributed by atoms with van der Waals surface area (Å²) < 4.78 is 0. The minimum Gasteiger partial charge on any atom is -0.325 e. The molecular weight excluding hydrogens is 236 g/mol. The van der Waals surface area contributed by atoms with Crippen molar-refractivity contribution in [2.24, 2.45) is 0 Å². The smallest absolute Gasteiger partial charge is 0.151 e. The molecule has 0 amide bonds. The third-order valence-electron chi connectivity index (χ3n) is 2.94. The predicted octanol–water partition coefficient (Wildman–Crippen LogP) is 2.66. The fraction of sp³-hybridized carbons (Fsp3) is 0.333. The molecular formula is C15H20N4. The number of hydrogen-bond donors (Lipinski definition) is 1. The van der Waals surface area contributed by atoms with E-state index in [-0.39, 0.29) is 0 Å². The third kappa shape index (κ3) is 3.29. The molecule has 2 rings (SSSR count). The van der Waals surface area contributed by atoms with E-state index in [0.29, 0.717) is 0 Å². The van der Waals surface area contributed by atoms with Crippen molar-refractivity contribution in [3.63, 3.8) is 0 Å². The number of benzene rings is 1. The lowest BCUT2D eigenvalue weighted by atomic mass is 10.2. The maximum atomic E-state index is 4.64. The largest absolute Gasteiger partial charge is 0.325 e. The van der Waals surface area contributed by atoms with Crippen LogP contribution in [0.3, 0.4) is 0 Å². The van der Waals surface area contributed by atoms with Gasteiger partial charge in [0.2, 0.25) is 0 Å². The molecule has 4 heteroatoms. The van der Waals surface area contributed by atoms with Crippen LogP contribution in [0.4, 0.5) is 11.5 Å². The summed E-state index contributed by atoms with van der Waals surface area (Å²) in [5.41, 5.74) is 3.35. The first kappa shape index (κ1) is 13.5. The maximum Gasteiger partial charge on any atom is 0.151 e. The van der Waals surface area contributed by atoms with Gasteiger partial charge in [-0.15, -0.1) is 0 Å². The second kappa shape index (κ2) is 6.29. The van der Waals surface area contributed by atoms with Crippen molar-refractivity contribution < 1.29 is 0 Å². The van der Waals surface area contributed by atoms with Gasteiger partial charge in [-0.2, -0.15) is 0 Å². The zero-order chi connectivity index (χ0) is 13.7. The Kier molecular flexibility index (Phi) is 4.47. The van der Waals surface area contributed by atoms with Gasteiger partial charge < -0.3 is 10.2 Å². The summed E-state index contributed by atoms with van der Waals surface area (Å²) in [7, 11) is 1.91. The van der Waals surface area contributed by atoms with Gasteiger partial charge >= 0.3 is 0 Å². The van der Waals surface area contributed by atoms with E-state index in [2.05, 4.69) is 58.3 Å². The van der Waals surface area contributed by atoms with Crippen molar-refractivity contribution in [3.05, 3.63) is 47.9 Å². The normalized spacial score (nSPS) is 10.5. The molecule has 0 radical (unpaired) electrons. The number of aromatic nitrogens is 2. The standard InChI is InChI=1S/C15H20N4/c1-4-19(14-7-5-6-12(2)8-14)15-11-17-10-13(18-15)9-16-3/h5-8,10-11,16H,4,9H2,1-3H3. The monoisotopic (exact) mass is 256 g/mol.